The Bertz CT molecular complexity index is 1340. The third kappa shape index (κ3) is 6.99. The van der Waals surface area contributed by atoms with Gasteiger partial charge in [0, 0.05) is 25.2 Å². The lowest BCUT2D eigenvalue weighted by Gasteiger charge is -2.50. The van der Waals surface area contributed by atoms with Crippen molar-refractivity contribution in [2.45, 2.75) is 122 Å². The average Bonchev–Trinajstić information content (AvgIpc) is 3.31. The van der Waals surface area contributed by atoms with Gasteiger partial charge in [-0.15, -0.1) is 0 Å². The maximum Gasteiger partial charge on any atom is 0.316 e. The van der Waals surface area contributed by atoms with Crippen LogP contribution in [0.3, 0.4) is 0 Å². The van der Waals surface area contributed by atoms with Crippen molar-refractivity contribution in [2.24, 2.45) is 28.8 Å². The summed E-state index contributed by atoms with van der Waals surface area (Å²) in [7, 11) is 1.55. The number of hydrogen-bond donors (Lipinski definition) is 2. The molecular weight excluding hydrogens is 586 g/mol. The molecule has 0 saturated carbocycles. The number of hydrogen-bond acceptors (Lipinski definition) is 9. The van der Waals surface area contributed by atoms with Gasteiger partial charge >= 0.3 is 5.97 Å². The monoisotopic (exact) mass is 639 g/mol. The van der Waals surface area contributed by atoms with E-state index in [0.717, 1.165) is 17.7 Å². The van der Waals surface area contributed by atoms with Crippen molar-refractivity contribution in [1.82, 2.24) is 0 Å². The summed E-state index contributed by atoms with van der Waals surface area (Å²) in [5.74, 6) is -2.15. The number of fused-ring (bicyclic) bond motifs is 2. The van der Waals surface area contributed by atoms with Gasteiger partial charge in [0.2, 0.25) is 0 Å². The van der Waals surface area contributed by atoms with Crippen LogP contribution in [0.1, 0.15) is 80.6 Å². The van der Waals surface area contributed by atoms with Crippen LogP contribution in [0.15, 0.2) is 63.9 Å². The maximum atomic E-state index is 14.2. The third-order valence-electron chi connectivity index (χ3n) is 10.1. The fraction of sp³-hybridized carbons (Fsp3) is 0.676. The van der Waals surface area contributed by atoms with Gasteiger partial charge in [-0.05, 0) is 62.2 Å². The predicted octanol–water partition coefficient (Wildman–Crippen LogP) is 5.73. The van der Waals surface area contributed by atoms with Gasteiger partial charge in [-0.25, -0.2) is 0 Å². The molecule has 0 aromatic rings. The summed E-state index contributed by atoms with van der Waals surface area (Å²) < 4.78 is 26.0. The van der Waals surface area contributed by atoms with Crippen LogP contribution in [0.5, 0.6) is 0 Å². The molecule has 3 fully saturated rings. The van der Waals surface area contributed by atoms with Crippen LogP contribution in [0.4, 0.5) is 0 Å². The van der Waals surface area contributed by atoms with Gasteiger partial charge in [-0.3, -0.25) is 4.79 Å². The molecule has 1 spiro atoms. The van der Waals surface area contributed by atoms with Crippen molar-refractivity contribution in [3.05, 3.63) is 58.7 Å². The van der Waals surface area contributed by atoms with E-state index in [1.165, 1.54) is 5.57 Å². The zero-order valence-electron chi connectivity index (χ0n) is 28.7. The van der Waals surface area contributed by atoms with Crippen LogP contribution in [0, 0.1) is 23.7 Å². The van der Waals surface area contributed by atoms with Gasteiger partial charge in [0.25, 0.3) is 0 Å². The molecule has 1 aliphatic carbocycles. The quantitative estimate of drug-likeness (QED) is 0.229. The number of carbonyl (C=O) groups is 1. The van der Waals surface area contributed by atoms with Crippen LogP contribution in [0.2, 0.25) is 0 Å². The second-order valence-corrected chi connectivity index (χ2v) is 14.5. The first kappa shape index (κ1) is 34.8. The van der Waals surface area contributed by atoms with E-state index in [-0.39, 0.29) is 30.7 Å². The Labute approximate surface area is 274 Å². The molecule has 0 unspecified atom stereocenters. The van der Waals surface area contributed by atoms with Gasteiger partial charge in [-0.2, -0.15) is 0 Å². The Balaban J connectivity index is 1.55. The molecule has 9 heteroatoms. The SMILES string of the molecule is CON=C1C[C@]2(C[C@@H]3C[C@@H](CC=C(C)C[C@@H](C)C=CC=C4CO[C@@H]5[C@H](O)C(C)=C[C@@H](C(=O)O3)[C@]45O)O2)O[C@H](C(C)=CC(C)C)[C@H]1C. The topological polar surface area (TPSA) is 116 Å². The lowest BCUT2D eigenvalue weighted by molar-refractivity contribution is -0.313. The summed E-state index contributed by atoms with van der Waals surface area (Å²) >= 11 is 0. The molecule has 5 aliphatic rings. The Kier molecular flexibility index (Phi) is 10.5. The van der Waals surface area contributed by atoms with Crippen LogP contribution < -0.4 is 0 Å². The van der Waals surface area contributed by atoms with Gasteiger partial charge in [-0.1, -0.05) is 74.9 Å². The second kappa shape index (κ2) is 13.9. The standard InChI is InChI=1S/C37H53NO8/c1-21(2)14-25(6)33-26(7)31(38-42-8)19-36(46-33)18-29-17-28(45-36)13-12-23(4)15-22(3)10-9-11-27-20-43-34-32(39)24(5)16-30(35(40)44-29)37(27,34)41/h9-12,14,16,21-22,26,28-30,32-34,39,41H,13,15,17-20H2,1-8H3/t22-,26-,28+,29-,30-,32+,33+,34+,36-,37+/m0/s1. The maximum absolute atomic E-state index is 14.2. The number of rotatable bonds is 3. The number of aliphatic hydroxyl groups is 2. The van der Waals surface area contributed by atoms with Crippen molar-refractivity contribution >= 4 is 11.7 Å². The van der Waals surface area contributed by atoms with E-state index in [9.17, 15) is 15.0 Å². The molecule has 2 bridgehead atoms. The fourth-order valence-corrected chi connectivity index (χ4v) is 7.94. The highest BCUT2D eigenvalue weighted by atomic mass is 16.7. The minimum atomic E-state index is -1.74. The molecule has 0 aromatic carbocycles. The summed E-state index contributed by atoms with van der Waals surface area (Å²) in [4.78, 5) is 19.4. The van der Waals surface area contributed by atoms with E-state index < -0.39 is 41.6 Å². The number of aliphatic hydroxyl groups excluding tert-OH is 1. The van der Waals surface area contributed by atoms with Crippen molar-refractivity contribution in [3.8, 4) is 0 Å². The minimum absolute atomic E-state index is 0.0340. The summed E-state index contributed by atoms with van der Waals surface area (Å²) in [6.07, 6.45) is 11.4. The number of nitrogens with zero attached hydrogens (tertiary/aromatic N) is 1. The molecule has 4 aliphatic heterocycles. The lowest BCUT2D eigenvalue weighted by atomic mass is 9.71. The summed E-state index contributed by atoms with van der Waals surface area (Å²) in [5, 5.41) is 27.6. The Morgan fingerprint density at radius 3 is 2.67 bits per heavy atom. The number of ether oxygens (including phenoxy) is 4. The predicted molar refractivity (Wildman–Crippen MR) is 176 cm³/mol. The molecule has 5 rings (SSSR count). The van der Waals surface area contributed by atoms with Crippen LogP contribution in [-0.4, -0.2) is 77.5 Å². The van der Waals surface area contributed by atoms with Gasteiger partial charge in [0.1, 0.15) is 36.9 Å². The first-order valence-electron chi connectivity index (χ1n) is 16.8. The first-order chi connectivity index (χ1) is 21.8. The van der Waals surface area contributed by atoms with Gasteiger partial charge in [0.05, 0.1) is 24.5 Å². The molecule has 0 aromatic heterocycles. The largest absolute Gasteiger partial charge is 0.462 e. The van der Waals surface area contributed by atoms with Crippen LogP contribution >= 0.6 is 0 Å². The molecular formula is C37H53NO8. The molecule has 4 heterocycles. The number of oxime groups is 1. The highest BCUT2D eigenvalue weighted by Gasteiger charge is 2.60. The number of allylic oxidation sites excluding steroid dienone is 5. The normalized spacial score (nSPS) is 41.5. The van der Waals surface area contributed by atoms with E-state index in [0.29, 0.717) is 42.7 Å². The highest BCUT2D eigenvalue weighted by molar-refractivity contribution is 5.88. The summed E-state index contributed by atoms with van der Waals surface area (Å²) in [6, 6.07) is 0. The van der Waals surface area contributed by atoms with Gasteiger partial charge < -0.3 is 34.0 Å². The Morgan fingerprint density at radius 1 is 1.20 bits per heavy atom. The van der Waals surface area contributed by atoms with E-state index in [1.54, 1.807) is 20.1 Å². The van der Waals surface area contributed by atoms with Crippen molar-refractivity contribution in [1.29, 1.82) is 0 Å². The molecule has 9 nitrogen and oxygen atoms in total. The highest BCUT2D eigenvalue weighted by Crippen LogP contribution is 2.47. The van der Waals surface area contributed by atoms with E-state index >= 15 is 0 Å². The zero-order chi connectivity index (χ0) is 33.4. The molecule has 254 valence electrons. The molecule has 0 amide bonds. The first-order valence-corrected chi connectivity index (χ1v) is 16.8. The second-order valence-electron chi connectivity index (χ2n) is 14.5. The molecule has 10 atom stereocenters. The Hall–Kier alpha value is -2.56. The molecule has 3 saturated heterocycles. The van der Waals surface area contributed by atoms with Crippen molar-refractivity contribution in [3.63, 3.8) is 0 Å². The number of esters is 1. The Morgan fingerprint density at radius 2 is 1.96 bits per heavy atom. The van der Waals surface area contributed by atoms with E-state index in [1.807, 2.05) is 12.2 Å². The van der Waals surface area contributed by atoms with Crippen molar-refractivity contribution < 1.29 is 38.8 Å². The fourth-order valence-electron chi connectivity index (χ4n) is 7.94. The summed E-state index contributed by atoms with van der Waals surface area (Å²) in [5.41, 5.74) is 2.54. The van der Waals surface area contributed by atoms with E-state index in [4.69, 9.17) is 23.8 Å². The molecule has 46 heavy (non-hydrogen) atoms. The average molecular weight is 640 g/mol. The van der Waals surface area contributed by atoms with Crippen LogP contribution in [0.25, 0.3) is 0 Å². The lowest BCUT2D eigenvalue weighted by Crippen LogP contribution is -2.59. The number of carbonyl (C=O) groups excluding carboxylic acids is 1. The molecule has 2 N–H and O–H groups in total. The zero-order valence-corrected chi connectivity index (χ0v) is 28.7. The minimum Gasteiger partial charge on any atom is -0.462 e. The summed E-state index contributed by atoms with van der Waals surface area (Å²) in [6.45, 7) is 14.6. The van der Waals surface area contributed by atoms with Gasteiger partial charge in [0.15, 0.2) is 5.79 Å². The smallest absolute Gasteiger partial charge is 0.316 e. The van der Waals surface area contributed by atoms with Crippen molar-refractivity contribution in [2.75, 3.05) is 13.7 Å². The van der Waals surface area contributed by atoms with Crippen LogP contribution in [-0.2, 0) is 28.6 Å². The van der Waals surface area contributed by atoms with E-state index in [2.05, 4.69) is 64.9 Å². The molecule has 0 radical (unpaired) electrons. The third-order valence-corrected chi connectivity index (χ3v) is 10.1.